The lowest BCUT2D eigenvalue weighted by Crippen LogP contribution is -2.26. The summed E-state index contributed by atoms with van der Waals surface area (Å²) in [6.07, 6.45) is 2.04. The fourth-order valence-electron chi connectivity index (χ4n) is 2.05. The first-order chi connectivity index (χ1) is 8.75. The molecule has 2 aromatic rings. The van der Waals surface area contributed by atoms with Gasteiger partial charge in [0, 0.05) is 17.8 Å². The maximum absolute atomic E-state index is 11.9. The van der Waals surface area contributed by atoms with Crippen molar-refractivity contribution in [3.63, 3.8) is 0 Å². The molecule has 1 atom stereocenters. The van der Waals surface area contributed by atoms with Gasteiger partial charge in [-0.15, -0.1) is 5.10 Å². The number of halogens is 1. The Bertz CT molecular complexity index is 571. The number of para-hydroxylation sites is 2. The zero-order valence-corrected chi connectivity index (χ0v) is 11.0. The number of alkyl halides is 1. The number of anilines is 1. The van der Waals surface area contributed by atoms with E-state index in [2.05, 4.69) is 31.5 Å². The Morgan fingerprint density at radius 2 is 2.06 bits per heavy atom. The molecule has 0 radical (unpaired) electrons. The molecule has 1 aliphatic heterocycles. The van der Waals surface area contributed by atoms with Gasteiger partial charge in [-0.1, -0.05) is 28.1 Å². The standard InChI is InChI=1S/C11H10BrN5O/c12-8-5-11(18)16(6-8)9-3-1-2-4-10(9)17-7-13-14-15-17/h1-4,7-8H,5-6H2. The van der Waals surface area contributed by atoms with Crippen LogP contribution < -0.4 is 4.90 Å². The summed E-state index contributed by atoms with van der Waals surface area (Å²) in [4.78, 5) is 13.9. The molecule has 92 valence electrons. The van der Waals surface area contributed by atoms with Gasteiger partial charge >= 0.3 is 0 Å². The minimum atomic E-state index is 0.109. The van der Waals surface area contributed by atoms with Gasteiger partial charge in [0.25, 0.3) is 0 Å². The molecule has 6 nitrogen and oxygen atoms in total. The number of hydrogen-bond acceptors (Lipinski definition) is 4. The van der Waals surface area contributed by atoms with Crippen LogP contribution in [0.1, 0.15) is 6.42 Å². The molecule has 1 unspecified atom stereocenters. The molecule has 1 aromatic heterocycles. The Kier molecular flexibility index (Phi) is 2.83. The third-order valence-electron chi connectivity index (χ3n) is 2.85. The summed E-state index contributed by atoms with van der Waals surface area (Å²) in [5.74, 6) is 0.109. The monoisotopic (exact) mass is 307 g/mol. The summed E-state index contributed by atoms with van der Waals surface area (Å²) in [6, 6.07) is 7.59. The maximum atomic E-state index is 11.9. The van der Waals surface area contributed by atoms with Crippen LogP contribution in [0.25, 0.3) is 5.69 Å². The lowest BCUT2D eigenvalue weighted by atomic mass is 10.2. The van der Waals surface area contributed by atoms with Crippen LogP contribution in [-0.2, 0) is 4.79 Å². The molecule has 0 N–H and O–H groups in total. The predicted octanol–water partition coefficient (Wildman–Crippen LogP) is 1.16. The summed E-state index contributed by atoms with van der Waals surface area (Å²) in [7, 11) is 0. The van der Waals surface area contributed by atoms with E-state index in [1.165, 1.54) is 6.33 Å². The first kappa shape index (κ1) is 11.3. The van der Waals surface area contributed by atoms with Gasteiger partial charge in [0.2, 0.25) is 5.91 Å². The van der Waals surface area contributed by atoms with E-state index < -0.39 is 0 Å². The number of hydrogen-bond donors (Lipinski definition) is 0. The van der Waals surface area contributed by atoms with E-state index in [1.54, 1.807) is 9.58 Å². The Morgan fingerprint density at radius 3 is 2.67 bits per heavy atom. The van der Waals surface area contributed by atoms with Crippen LogP contribution in [0, 0.1) is 0 Å². The first-order valence-corrected chi connectivity index (χ1v) is 6.44. The third-order valence-corrected chi connectivity index (χ3v) is 3.46. The van der Waals surface area contributed by atoms with Crippen molar-refractivity contribution in [3.05, 3.63) is 30.6 Å². The average Bonchev–Trinajstić information content (AvgIpc) is 2.99. The van der Waals surface area contributed by atoms with Crippen LogP contribution in [-0.4, -0.2) is 37.5 Å². The topological polar surface area (TPSA) is 63.9 Å². The minimum Gasteiger partial charge on any atom is -0.309 e. The van der Waals surface area contributed by atoms with Gasteiger partial charge in [0.15, 0.2) is 0 Å². The zero-order chi connectivity index (χ0) is 12.5. The van der Waals surface area contributed by atoms with Crippen molar-refractivity contribution in [1.82, 2.24) is 20.2 Å². The van der Waals surface area contributed by atoms with Crippen molar-refractivity contribution in [3.8, 4) is 5.69 Å². The molecule has 0 bridgehead atoms. The minimum absolute atomic E-state index is 0.109. The Hall–Kier alpha value is -1.76. The van der Waals surface area contributed by atoms with E-state index in [0.717, 1.165) is 11.4 Å². The van der Waals surface area contributed by atoms with Gasteiger partial charge in [-0.25, -0.2) is 0 Å². The smallest absolute Gasteiger partial charge is 0.228 e. The third kappa shape index (κ3) is 1.90. The van der Waals surface area contributed by atoms with Crippen molar-refractivity contribution in [2.45, 2.75) is 11.2 Å². The molecule has 3 rings (SSSR count). The second-order valence-corrected chi connectivity index (χ2v) is 5.34. The van der Waals surface area contributed by atoms with E-state index in [9.17, 15) is 4.79 Å². The SMILES string of the molecule is O=C1CC(Br)CN1c1ccccc1-n1cnnn1. The van der Waals surface area contributed by atoms with Gasteiger partial charge in [-0.3, -0.25) is 4.79 Å². The molecule has 7 heteroatoms. The first-order valence-electron chi connectivity index (χ1n) is 5.52. The van der Waals surface area contributed by atoms with E-state index >= 15 is 0 Å². The molecular weight excluding hydrogens is 298 g/mol. The van der Waals surface area contributed by atoms with Gasteiger partial charge in [-0.05, 0) is 22.6 Å². The molecule has 0 aliphatic carbocycles. The van der Waals surface area contributed by atoms with Crippen LogP contribution >= 0.6 is 15.9 Å². The van der Waals surface area contributed by atoms with E-state index in [1.807, 2.05) is 24.3 Å². The number of rotatable bonds is 2. The van der Waals surface area contributed by atoms with Crippen molar-refractivity contribution in [1.29, 1.82) is 0 Å². The van der Waals surface area contributed by atoms with Gasteiger partial charge in [-0.2, -0.15) is 4.68 Å². The van der Waals surface area contributed by atoms with E-state index in [-0.39, 0.29) is 10.7 Å². The van der Waals surface area contributed by atoms with Crippen LogP contribution in [0.5, 0.6) is 0 Å². The molecule has 1 amide bonds. The number of benzene rings is 1. The van der Waals surface area contributed by atoms with E-state index in [0.29, 0.717) is 13.0 Å². The molecule has 18 heavy (non-hydrogen) atoms. The highest BCUT2D eigenvalue weighted by molar-refractivity contribution is 9.09. The van der Waals surface area contributed by atoms with Crippen molar-refractivity contribution < 1.29 is 4.79 Å². The number of amides is 1. The molecule has 1 aromatic carbocycles. The van der Waals surface area contributed by atoms with Crippen molar-refractivity contribution in [2.24, 2.45) is 0 Å². The molecule has 1 saturated heterocycles. The van der Waals surface area contributed by atoms with Gasteiger partial charge in [0.05, 0.1) is 11.4 Å². The number of carbonyl (C=O) groups excluding carboxylic acids is 1. The molecule has 1 fully saturated rings. The molecular formula is C11H10BrN5O. The molecule has 2 heterocycles. The van der Waals surface area contributed by atoms with Gasteiger partial charge in [0.1, 0.15) is 6.33 Å². The molecule has 0 saturated carbocycles. The van der Waals surface area contributed by atoms with Crippen LogP contribution in [0.3, 0.4) is 0 Å². The Labute approximate surface area is 112 Å². The highest BCUT2D eigenvalue weighted by Gasteiger charge is 2.30. The van der Waals surface area contributed by atoms with Crippen LogP contribution in [0.15, 0.2) is 30.6 Å². The number of aromatic nitrogens is 4. The van der Waals surface area contributed by atoms with Gasteiger partial charge < -0.3 is 4.90 Å². The fraction of sp³-hybridized carbons (Fsp3) is 0.273. The number of nitrogens with zero attached hydrogens (tertiary/aromatic N) is 5. The van der Waals surface area contributed by atoms with Crippen LogP contribution in [0.2, 0.25) is 0 Å². The summed E-state index contributed by atoms with van der Waals surface area (Å²) in [6.45, 7) is 0.665. The summed E-state index contributed by atoms with van der Waals surface area (Å²) in [5.41, 5.74) is 1.63. The summed E-state index contributed by atoms with van der Waals surface area (Å²) < 4.78 is 1.56. The average molecular weight is 308 g/mol. The second-order valence-electron chi connectivity index (χ2n) is 4.05. The normalized spacial score (nSPS) is 19.5. The summed E-state index contributed by atoms with van der Waals surface area (Å²) >= 11 is 3.48. The maximum Gasteiger partial charge on any atom is 0.228 e. The van der Waals surface area contributed by atoms with Crippen molar-refractivity contribution >= 4 is 27.5 Å². The quantitative estimate of drug-likeness (QED) is 0.781. The highest BCUT2D eigenvalue weighted by Crippen LogP contribution is 2.29. The Morgan fingerprint density at radius 1 is 1.28 bits per heavy atom. The number of tetrazole rings is 1. The lowest BCUT2D eigenvalue weighted by molar-refractivity contribution is -0.117. The molecule has 1 aliphatic rings. The second kappa shape index (κ2) is 4.49. The Balaban J connectivity index is 2.05. The predicted molar refractivity (Wildman–Crippen MR) is 68.8 cm³/mol. The zero-order valence-electron chi connectivity index (χ0n) is 9.40. The van der Waals surface area contributed by atoms with Crippen LogP contribution in [0.4, 0.5) is 5.69 Å². The lowest BCUT2D eigenvalue weighted by Gasteiger charge is -2.19. The fourth-order valence-corrected chi connectivity index (χ4v) is 2.62. The summed E-state index contributed by atoms with van der Waals surface area (Å²) in [5, 5.41) is 11.1. The highest BCUT2D eigenvalue weighted by atomic mass is 79.9. The number of carbonyl (C=O) groups is 1. The molecule has 0 spiro atoms. The largest absolute Gasteiger partial charge is 0.309 e. The van der Waals surface area contributed by atoms with E-state index in [4.69, 9.17) is 0 Å². The van der Waals surface area contributed by atoms with Crippen molar-refractivity contribution in [2.75, 3.05) is 11.4 Å².